The van der Waals surface area contributed by atoms with Crippen molar-refractivity contribution < 1.29 is 0 Å². The molecule has 0 atom stereocenters. The summed E-state index contributed by atoms with van der Waals surface area (Å²) in [4.78, 5) is 10.1. The second-order valence-corrected chi connectivity index (χ2v) is 4.62. The molecule has 0 N–H and O–H groups in total. The Labute approximate surface area is 112 Å². The molecular weight excluding hydrogens is 240 g/mol. The van der Waals surface area contributed by atoms with Crippen LogP contribution in [-0.2, 0) is 6.54 Å². The number of nitrogens with zero attached hydrogens (tertiary/aromatic N) is 6. The van der Waals surface area contributed by atoms with E-state index in [4.69, 9.17) is 5.26 Å². The van der Waals surface area contributed by atoms with Gasteiger partial charge in [0.1, 0.15) is 6.07 Å². The number of rotatable bonds is 4. The Kier molecular flexibility index (Phi) is 3.76. The van der Waals surface area contributed by atoms with Gasteiger partial charge in [-0.05, 0) is 13.8 Å². The Morgan fingerprint density at radius 2 is 2.11 bits per heavy atom. The van der Waals surface area contributed by atoms with Gasteiger partial charge in [0.15, 0.2) is 11.5 Å². The second-order valence-electron chi connectivity index (χ2n) is 4.62. The average Bonchev–Trinajstić information content (AvgIpc) is 2.87. The predicted octanol–water partition coefficient (Wildman–Crippen LogP) is 1.76. The van der Waals surface area contributed by atoms with Gasteiger partial charge in [0.25, 0.3) is 0 Å². The van der Waals surface area contributed by atoms with Crippen LogP contribution in [0.15, 0.2) is 24.8 Å². The summed E-state index contributed by atoms with van der Waals surface area (Å²) in [5.41, 5.74) is 1.41. The van der Waals surface area contributed by atoms with Crippen molar-refractivity contribution in [3.05, 3.63) is 36.0 Å². The number of nitriles is 1. The quantitative estimate of drug-likeness (QED) is 0.833. The maximum atomic E-state index is 9.01. The average molecular weight is 256 g/mol. The Bertz CT molecular complexity index is 595. The maximum Gasteiger partial charge on any atom is 0.183 e. The highest BCUT2D eigenvalue weighted by atomic mass is 15.3. The lowest BCUT2D eigenvalue weighted by Gasteiger charge is -2.17. The van der Waals surface area contributed by atoms with Gasteiger partial charge in [-0.3, -0.25) is 4.68 Å². The zero-order valence-electron chi connectivity index (χ0n) is 11.3. The summed E-state index contributed by atoms with van der Waals surface area (Å²) in [6.45, 7) is 4.80. The summed E-state index contributed by atoms with van der Waals surface area (Å²) in [6, 6.07) is 2.39. The molecule has 0 saturated heterocycles. The van der Waals surface area contributed by atoms with Crippen LogP contribution in [-0.4, -0.2) is 26.8 Å². The highest BCUT2D eigenvalue weighted by Crippen LogP contribution is 2.15. The molecule has 0 saturated carbocycles. The molecule has 0 aliphatic rings. The molecule has 0 amide bonds. The molecule has 0 aliphatic heterocycles. The van der Waals surface area contributed by atoms with E-state index in [0.29, 0.717) is 24.1 Å². The summed E-state index contributed by atoms with van der Waals surface area (Å²) >= 11 is 0. The lowest BCUT2D eigenvalue weighted by Crippen LogP contribution is -2.19. The third-order valence-corrected chi connectivity index (χ3v) is 2.75. The van der Waals surface area contributed by atoms with Gasteiger partial charge in [-0.2, -0.15) is 10.4 Å². The van der Waals surface area contributed by atoms with Crippen LogP contribution in [0.4, 0.5) is 5.82 Å². The van der Waals surface area contributed by atoms with Crippen LogP contribution in [0.2, 0.25) is 0 Å². The van der Waals surface area contributed by atoms with Crippen LogP contribution < -0.4 is 4.90 Å². The van der Waals surface area contributed by atoms with Gasteiger partial charge < -0.3 is 4.90 Å². The SMILES string of the molecule is CC(C)n1cc(CN(C)c2nccnc2C#N)cn1. The van der Waals surface area contributed by atoms with Crippen molar-refractivity contribution in [2.45, 2.75) is 26.4 Å². The summed E-state index contributed by atoms with van der Waals surface area (Å²) in [6.07, 6.45) is 6.94. The van der Waals surface area contributed by atoms with Crippen molar-refractivity contribution in [1.29, 1.82) is 5.26 Å². The first-order valence-corrected chi connectivity index (χ1v) is 6.07. The van der Waals surface area contributed by atoms with E-state index >= 15 is 0 Å². The molecule has 0 fully saturated rings. The van der Waals surface area contributed by atoms with Crippen LogP contribution in [0, 0.1) is 11.3 Å². The summed E-state index contributed by atoms with van der Waals surface area (Å²) in [7, 11) is 1.89. The summed E-state index contributed by atoms with van der Waals surface area (Å²) in [5, 5.41) is 13.3. The molecule has 0 bridgehead atoms. The van der Waals surface area contributed by atoms with E-state index in [-0.39, 0.29) is 0 Å². The maximum absolute atomic E-state index is 9.01. The highest BCUT2D eigenvalue weighted by Gasteiger charge is 2.11. The molecule has 6 nitrogen and oxygen atoms in total. The predicted molar refractivity (Wildman–Crippen MR) is 71.5 cm³/mol. The molecule has 2 heterocycles. The van der Waals surface area contributed by atoms with Gasteiger partial charge in [0.2, 0.25) is 0 Å². The Morgan fingerprint density at radius 1 is 1.37 bits per heavy atom. The lowest BCUT2D eigenvalue weighted by molar-refractivity contribution is 0.532. The fourth-order valence-electron chi connectivity index (χ4n) is 1.78. The molecule has 0 spiro atoms. The van der Waals surface area contributed by atoms with E-state index < -0.39 is 0 Å². The van der Waals surface area contributed by atoms with Crippen molar-refractivity contribution in [3.8, 4) is 6.07 Å². The van der Waals surface area contributed by atoms with E-state index in [1.165, 1.54) is 6.20 Å². The summed E-state index contributed by atoms with van der Waals surface area (Å²) in [5.74, 6) is 0.585. The Hall–Kier alpha value is -2.42. The fraction of sp³-hybridized carbons (Fsp3) is 0.385. The van der Waals surface area contributed by atoms with Crippen LogP contribution in [0.3, 0.4) is 0 Å². The van der Waals surface area contributed by atoms with Crippen molar-refractivity contribution >= 4 is 5.82 Å². The Balaban J connectivity index is 2.16. The molecule has 0 aromatic carbocycles. The number of hydrogen-bond donors (Lipinski definition) is 0. The molecule has 0 radical (unpaired) electrons. The van der Waals surface area contributed by atoms with Crippen molar-refractivity contribution in [2.75, 3.05) is 11.9 Å². The minimum Gasteiger partial charge on any atom is -0.353 e. The van der Waals surface area contributed by atoms with E-state index in [1.807, 2.05) is 35.1 Å². The van der Waals surface area contributed by atoms with Crippen molar-refractivity contribution in [2.24, 2.45) is 0 Å². The van der Waals surface area contributed by atoms with Crippen LogP contribution in [0.25, 0.3) is 0 Å². The Morgan fingerprint density at radius 3 is 2.74 bits per heavy atom. The first-order valence-electron chi connectivity index (χ1n) is 6.07. The van der Waals surface area contributed by atoms with Gasteiger partial charge in [-0.25, -0.2) is 9.97 Å². The monoisotopic (exact) mass is 256 g/mol. The zero-order chi connectivity index (χ0) is 13.8. The normalized spacial score (nSPS) is 10.5. The molecule has 2 aromatic rings. The first-order chi connectivity index (χ1) is 9.11. The molecule has 2 aromatic heterocycles. The first kappa shape index (κ1) is 13.0. The van der Waals surface area contributed by atoms with E-state index in [1.54, 1.807) is 6.20 Å². The number of aromatic nitrogens is 4. The minimum atomic E-state index is 0.334. The van der Waals surface area contributed by atoms with Gasteiger partial charge in [-0.15, -0.1) is 0 Å². The van der Waals surface area contributed by atoms with E-state index in [2.05, 4.69) is 28.9 Å². The molecule has 98 valence electrons. The standard InChI is InChI=1S/C13H16N6/c1-10(2)19-9-11(7-17-19)8-18(3)13-12(6-14)15-4-5-16-13/h4-5,7,9-10H,8H2,1-3H3. The minimum absolute atomic E-state index is 0.334. The molecule has 0 aliphatic carbocycles. The topological polar surface area (TPSA) is 70.6 Å². The van der Waals surface area contributed by atoms with E-state index in [0.717, 1.165) is 5.56 Å². The molecule has 0 unspecified atom stereocenters. The van der Waals surface area contributed by atoms with Crippen LogP contribution >= 0.6 is 0 Å². The molecule has 2 rings (SSSR count). The smallest absolute Gasteiger partial charge is 0.183 e. The number of hydrogen-bond acceptors (Lipinski definition) is 5. The molecule has 6 heteroatoms. The highest BCUT2D eigenvalue weighted by molar-refractivity contribution is 5.48. The lowest BCUT2D eigenvalue weighted by atomic mass is 10.3. The summed E-state index contributed by atoms with van der Waals surface area (Å²) < 4.78 is 1.91. The van der Waals surface area contributed by atoms with Crippen molar-refractivity contribution in [3.63, 3.8) is 0 Å². The number of anilines is 1. The fourth-order valence-corrected chi connectivity index (χ4v) is 1.78. The van der Waals surface area contributed by atoms with Gasteiger partial charge in [-0.1, -0.05) is 0 Å². The third kappa shape index (κ3) is 2.88. The van der Waals surface area contributed by atoms with Crippen molar-refractivity contribution in [1.82, 2.24) is 19.7 Å². The van der Waals surface area contributed by atoms with Crippen LogP contribution in [0.1, 0.15) is 31.1 Å². The third-order valence-electron chi connectivity index (χ3n) is 2.75. The molecule has 19 heavy (non-hydrogen) atoms. The zero-order valence-corrected chi connectivity index (χ0v) is 11.3. The van der Waals surface area contributed by atoms with Crippen LogP contribution in [0.5, 0.6) is 0 Å². The molecular formula is C13H16N6. The van der Waals surface area contributed by atoms with E-state index in [9.17, 15) is 0 Å². The van der Waals surface area contributed by atoms with Gasteiger partial charge in [0.05, 0.1) is 6.20 Å². The largest absolute Gasteiger partial charge is 0.353 e. The van der Waals surface area contributed by atoms with Gasteiger partial charge in [0, 0.05) is 43.8 Å². The van der Waals surface area contributed by atoms with Gasteiger partial charge >= 0.3 is 0 Å². The second kappa shape index (κ2) is 5.48.